The molecule has 0 aromatic heterocycles. The van der Waals surface area contributed by atoms with Crippen molar-refractivity contribution in [1.82, 2.24) is 9.21 Å². The van der Waals surface area contributed by atoms with Gasteiger partial charge in [-0.15, -0.1) is 0 Å². The lowest BCUT2D eigenvalue weighted by molar-refractivity contribution is 0.123. The van der Waals surface area contributed by atoms with Crippen molar-refractivity contribution in [3.05, 3.63) is 0 Å². The monoisotopic (exact) mass is 343 g/mol. The zero-order valence-electron chi connectivity index (χ0n) is 11.9. The average Bonchev–Trinajstić information content (AvgIpc) is 2.25. The molecule has 0 saturated carbocycles. The Balaban J connectivity index is 2.75. The van der Waals surface area contributed by atoms with Crippen LogP contribution in [0.3, 0.4) is 0 Å². The van der Waals surface area contributed by atoms with Crippen molar-refractivity contribution in [2.24, 2.45) is 5.73 Å². The SMILES string of the molecule is CC(C)(C(N)=S)N1CCN(S(=O)(=O)CS(C)(=O)=O)CC1. The Bertz CT molecular complexity index is 575. The highest BCUT2D eigenvalue weighted by Gasteiger charge is 2.36. The van der Waals surface area contributed by atoms with Crippen molar-refractivity contribution in [2.45, 2.75) is 19.4 Å². The number of nitrogens with zero attached hydrogens (tertiary/aromatic N) is 2. The summed E-state index contributed by atoms with van der Waals surface area (Å²) in [5.41, 5.74) is 5.20. The van der Waals surface area contributed by atoms with Crippen molar-refractivity contribution in [3.8, 4) is 0 Å². The zero-order chi connectivity index (χ0) is 15.8. The van der Waals surface area contributed by atoms with Crippen LogP contribution >= 0.6 is 12.2 Å². The molecule has 0 atom stereocenters. The summed E-state index contributed by atoms with van der Waals surface area (Å²) in [7, 11) is -7.35. The molecule has 0 aromatic rings. The zero-order valence-corrected chi connectivity index (χ0v) is 14.3. The highest BCUT2D eigenvalue weighted by atomic mass is 32.3. The first-order valence-electron chi connectivity index (χ1n) is 6.07. The van der Waals surface area contributed by atoms with E-state index in [0.717, 1.165) is 6.26 Å². The lowest BCUT2D eigenvalue weighted by Gasteiger charge is -2.42. The summed E-state index contributed by atoms with van der Waals surface area (Å²) in [6.07, 6.45) is 0.913. The molecule has 0 aromatic carbocycles. The molecule has 1 heterocycles. The minimum atomic E-state index is -3.78. The highest BCUT2D eigenvalue weighted by molar-refractivity contribution is 8.06. The van der Waals surface area contributed by atoms with Crippen LogP contribution in [0.25, 0.3) is 0 Å². The molecule has 118 valence electrons. The maximum Gasteiger partial charge on any atom is 0.228 e. The number of sulfone groups is 1. The van der Waals surface area contributed by atoms with Gasteiger partial charge in [0.1, 0.15) is 0 Å². The van der Waals surface area contributed by atoms with Crippen LogP contribution in [-0.2, 0) is 19.9 Å². The predicted octanol–water partition coefficient (Wildman–Crippen LogP) is -0.999. The smallest absolute Gasteiger partial charge is 0.228 e. The van der Waals surface area contributed by atoms with Gasteiger partial charge in [0, 0.05) is 32.4 Å². The quantitative estimate of drug-likeness (QED) is 0.639. The van der Waals surface area contributed by atoms with Gasteiger partial charge in [-0.2, -0.15) is 4.31 Å². The largest absolute Gasteiger partial charge is 0.392 e. The molecule has 0 unspecified atom stereocenters. The Kier molecular flexibility index (Phi) is 5.18. The maximum absolute atomic E-state index is 12.0. The molecule has 1 rings (SSSR count). The summed E-state index contributed by atoms with van der Waals surface area (Å²) >= 11 is 5.01. The van der Waals surface area contributed by atoms with E-state index in [-0.39, 0.29) is 13.1 Å². The third-order valence-electron chi connectivity index (χ3n) is 3.39. The first-order valence-corrected chi connectivity index (χ1v) is 10.1. The second-order valence-corrected chi connectivity index (χ2v) is 10.4. The fraction of sp³-hybridized carbons (Fsp3) is 0.900. The topological polar surface area (TPSA) is 101 Å². The van der Waals surface area contributed by atoms with E-state index in [1.54, 1.807) is 0 Å². The van der Waals surface area contributed by atoms with Crippen LogP contribution in [0.5, 0.6) is 0 Å². The number of piperazine rings is 1. The van der Waals surface area contributed by atoms with Gasteiger partial charge in [0.2, 0.25) is 10.0 Å². The standard InChI is InChI=1S/C10H21N3O4S3/c1-10(2,9(11)18)12-4-6-13(7-5-12)20(16,17)8-19(3,14)15/h4-8H2,1-3H3,(H2,11,18). The average molecular weight is 343 g/mol. The maximum atomic E-state index is 12.0. The number of hydrogen-bond acceptors (Lipinski definition) is 6. The van der Waals surface area contributed by atoms with Gasteiger partial charge in [-0.3, -0.25) is 4.90 Å². The molecular formula is C10H21N3O4S3. The summed E-state index contributed by atoms with van der Waals surface area (Å²) in [6, 6.07) is 0. The van der Waals surface area contributed by atoms with E-state index in [1.165, 1.54) is 4.31 Å². The van der Waals surface area contributed by atoms with Gasteiger partial charge >= 0.3 is 0 Å². The van der Waals surface area contributed by atoms with Crippen molar-refractivity contribution in [2.75, 3.05) is 37.5 Å². The molecule has 0 bridgehead atoms. The number of thiocarbonyl (C=S) groups is 1. The minimum Gasteiger partial charge on any atom is -0.392 e. The van der Waals surface area contributed by atoms with Crippen LogP contribution in [0.2, 0.25) is 0 Å². The van der Waals surface area contributed by atoms with Crippen LogP contribution < -0.4 is 5.73 Å². The third kappa shape index (κ3) is 4.35. The van der Waals surface area contributed by atoms with Crippen molar-refractivity contribution >= 4 is 37.1 Å². The molecule has 1 saturated heterocycles. The summed E-state index contributed by atoms with van der Waals surface area (Å²) in [5.74, 6) is 0. The van der Waals surface area contributed by atoms with Crippen LogP contribution in [-0.4, -0.2) is 74.1 Å². The van der Waals surface area contributed by atoms with Gasteiger partial charge in [-0.05, 0) is 13.8 Å². The van der Waals surface area contributed by atoms with Crippen LogP contribution in [0, 0.1) is 0 Å². The number of rotatable bonds is 5. The van der Waals surface area contributed by atoms with Gasteiger partial charge in [0.25, 0.3) is 0 Å². The molecule has 7 nitrogen and oxygen atoms in total. The van der Waals surface area contributed by atoms with Gasteiger partial charge in [-0.25, -0.2) is 16.8 Å². The van der Waals surface area contributed by atoms with Crippen LogP contribution in [0.1, 0.15) is 13.8 Å². The fourth-order valence-corrected chi connectivity index (χ4v) is 5.64. The highest BCUT2D eigenvalue weighted by Crippen LogP contribution is 2.19. The third-order valence-corrected chi connectivity index (χ3v) is 7.94. The molecule has 10 heteroatoms. The van der Waals surface area contributed by atoms with E-state index in [9.17, 15) is 16.8 Å². The molecule has 20 heavy (non-hydrogen) atoms. The van der Waals surface area contributed by atoms with Gasteiger partial charge in [-0.1, -0.05) is 12.2 Å². The second kappa shape index (κ2) is 5.84. The Morgan fingerprint density at radius 1 is 1.15 bits per heavy atom. The fourth-order valence-electron chi connectivity index (χ4n) is 2.03. The van der Waals surface area contributed by atoms with Crippen molar-refractivity contribution < 1.29 is 16.8 Å². The van der Waals surface area contributed by atoms with Gasteiger partial charge in [0.05, 0.1) is 10.5 Å². The van der Waals surface area contributed by atoms with E-state index in [1.807, 2.05) is 18.7 Å². The number of sulfonamides is 1. The van der Waals surface area contributed by atoms with Crippen molar-refractivity contribution in [1.29, 1.82) is 0 Å². The Hall–Kier alpha value is -0.290. The number of hydrogen-bond donors (Lipinski definition) is 1. The molecule has 1 aliphatic rings. The lowest BCUT2D eigenvalue weighted by atomic mass is 10.0. The van der Waals surface area contributed by atoms with E-state index < -0.39 is 30.5 Å². The summed E-state index contributed by atoms with van der Waals surface area (Å²) < 4.78 is 47.5. The molecule has 0 radical (unpaired) electrons. The van der Waals surface area contributed by atoms with Crippen LogP contribution in [0.4, 0.5) is 0 Å². The Morgan fingerprint density at radius 3 is 1.95 bits per heavy atom. The molecule has 0 amide bonds. The van der Waals surface area contributed by atoms with Crippen LogP contribution in [0.15, 0.2) is 0 Å². The molecule has 1 aliphatic heterocycles. The number of nitrogens with two attached hydrogens (primary N) is 1. The molecule has 0 aliphatic carbocycles. The lowest BCUT2D eigenvalue weighted by Crippen LogP contribution is -2.60. The first kappa shape index (κ1) is 17.8. The van der Waals surface area contributed by atoms with Gasteiger partial charge in [0.15, 0.2) is 14.9 Å². The molecule has 2 N–H and O–H groups in total. The summed E-state index contributed by atoms with van der Waals surface area (Å²) in [4.78, 5) is 2.35. The molecule has 0 spiro atoms. The van der Waals surface area contributed by atoms with E-state index in [2.05, 4.69) is 0 Å². The Labute approximate surface area is 126 Å². The summed E-state index contributed by atoms with van der Waals surface area (Å²) in [6.45, 7) is 5.18. The van der Waals surface area contributed by atoms with E-state index in [0.29, 0.717) is 18.1 Å². The second-order valence-electron chi connectivity index (χ2n) is 5.46. The molecule has 1 fully saturated rings. The van der Waals surface area contributed by atoms with E-state index in [4.69, 9.17) is 18.0 Å². The summed E-state index contributed by atoms with van der Waals surface area (Å²) in [5, 5.41) is -0.849. The van der Waals surface area contributed by atoms with E-state index >= 15 is 0 Å². The van der Waals surface area contributed by atoms with Gasteiger partial charge < -0.3 is 5.73 Å². The first-order chi connectivity index (χ1) is 8.86. The molecular weight excluding hydrogens is 322 g/mol. The normalized spacial score (nSPS) is 19.9. The minimum absolute atomic E-state index is 0.240. The Morgan fingerprint density at radius 2 is 1.60 bits per heavy atom. The predicted molar refractivity (Wildman–Crippen MR) is 82.6 cm³/mol. The van der Waals surface area contributed by atoms with Crippen molar-refractivity contribution in [3.63, 3.8) is 0 Å².